The van der Waals surface area contributed by atoms with Gasteiger partial charge < -0.3 is 14.7 Å². The van der Waals surface area contributed by atoms with Crippen molar-refractivity contribution in [2.45, 2.75) is 38.8 Å². The molecule has 0 aliphatic carbocycles. The van der Waals surface area contributed by atoms with Crippen molar-refractivity contribution < 1.29 is 9.32 Å². The molecule has 1 atom stereocenters. The Kier molecular flexibility index (Phi) is 4.55. The van der Waals surface area contributed by atoms with E-state index in [-0.39, 0.29) is 0 Å². The lowest BCUT2D eigenvalue weighted by Crippen LogP contribution is -2.49. The van der Waals surface area contributed by atoms with Crippen LogP contribution in [0.25, 0.3) is 0 Å². The molecule has 0 spiro atoms. The summed E-state index contributed by atoms with van der Waals surface area (Å²) in [6.07, 6.45) is 2.99. The average Bonchev–Trinajstić information content (AvgIpc) is 3.12. The maximum Gasteiger partial charge on any atom is 0.224 e. The highest BCUT2D eigenvalue weighted by atomic mass is 16.5. The molecule has 2 aliphatic heterocycles. The highest BCUT2D eigenvalue weighted by molar-refractivity contribution is 5.77. The van der Waals surface area contributed by atoms with E-state index in [0.717, 1.165) is 57.1 Å². The molecule has 6 nitrogen and oxygen atoms in total. The van der Waals surface area contributed by atoms with E-state index in [4.69, 9.17) is 4.52 Å². The van der Waals surface area contributed by atoms with Crippen LogP contribution in [0.5, 0.6) is 0 Å². The minimum Gasteiger partial charge on any atom is -0.360 e. The van der Waals surface area contributed by atoms with Crippen LogP contribution in [0.4, 0.5) is 0 Å². The summed E-state index contributed by atoms with van der Waals surface area (Å²) in [5.41, 5.74) is 0.919. The van der Waals surface area contributed by atoms with Crippen LogP contribution in [0.1, 0.15) is 30.7 Å². The number of aryl methyl sites for hydroxylation is 1. The van der Waals surface area contributed by atoms with Crippen molar-refractivity contribution in [1.82, 2.24) is 20.3 Å². The zero-order valence-corrected chi connectivity index (χ0v) is 12.7. The summed E-state index contributed by atoms with van der Waals surface area (Å²) < 4.78 is 5.25. The van der Waals surface area contributed by atoms with Crippen molar-refractivity contribution in [1.29, 1.82) is 0 Å². The second kappa shape index (κ2) is 6.58. The second-order valence-corrected chi connectivity index (χ2v) is 6.09. The summed E-state index contributed by atoms with van der Waals surface area (Å²) in [6, 6.07) is 2.37. The standard InChI is InChI=1S/C15H24N4O2/c1-12-9-14(21-17-12)11-18-5-7-19(8-6-18)15(20)10-13-3-2-4-16-13/h9,13,16H,2-8,10-11H2,1H3. The molecule has 2 fully saturated rings. The fourth-order valence-electron chi connectivity index (χ4n) is 3.14. The van der Waals surface area contributed by atoms with Gasteiger partial charge in [-0.05, 0) is 26.3 Å². The molecule has 21 heavy (non-hydrogen) atoms. The average molecular weight is 292 g/mol. The summed E-state index contributed by atoms with van der Waals surface area (Å²) in [6.45, 7) is 7.22. The maximum atomic E-state index is 12.3. The molecule has 3 rings (SSSR count). The van der Waals surface area contributed by atoms with Gasteiger partial charge in [0, 0.05) is 44.7 Å². The van der Waals surface area contributed by atoms with Crippen LogP contribution in [0.15, 0.2) is 10.6 Å². The molecule has 2 aliphatic rings. The van der Waals surface area contributed by atoms with Gasteiger partial charge in [-0.2, -0.15) is 0 Å². The van der Waals surface area contributed by atoms with Crippen molar-refractivity contribution in [3.8, 4) is 0 Å². The predicted molar refractivity (Wildman–Crippen MR) is 78.7 cm³/mol. The molecule has 1 amide bonds. The molecule has 116 valence electrons. The number of carbonyl (C=O) groups excluding carboxylic acids is 1. The predicted octanol–water partition coefficient (Wildman–Crippen LogP) is 0.769. The van der Waals surface area contributed by atoms with Gasteiger partial charge in [0.1, 0.15) is 0 Å². The van der Waals surface area contributed by atoms with Gasteiger partial charge >= 0.3 is 0 Å². The Morgan fingerprint density at radius 2 is 2.24 bits per heavy atom. The number of hydrogen-bond acceptors (Lipinski definition) is 5. The number of nitrogens with one attached hydrogen (secondary N) is 1. The molecule has 0 radical (unpaired) electrons. The molecular weight excluding hydrogens is 268 g/mol. The first kappa shape index (κ1) is 14.5. The topological polar surface area (TPSA) is 61.6 Å². The highest BCUT2D eigenvalue weighted by Gasteiger charge is 2.25. The van der Waals surface area contributed by atoms with E-state index < -0.39 is 0 Å². The Hall–Kier alpha value is -1.40. The van der Waals surface area contributed by atoms with E-state index in [2.05, 4.69) is 15.4 Å². The lowest BCUT2D eigenvalue weighted by Gasteiger charge is -2.34. The quantitative estimate of drug-likeness (QED) is 0.888. The van der Waals surface area contributed by atoms with E-state index in [1.165, 1.54) is 6.42 Å². The van der Waals surface area contributed by atoms with E-state index >= 15 is 0 Å². The van der Waals surface area contributed by atoms with Gasteiger partial charge in [0.05, 0.1) is 12.2 Å². The molecule has 6 heteroatoms. The van der Waals surface area contributed by atoms with Gasteiger partial charge in [-0.1, -0.05) is 5.16 Å². The molecule has 0 bridgehead atoms. The van der Waals surface area contributed by atoms with Crippen molar-refractivity contribution >= 4 is 5.91 Å². The minimum absolute atomic E-state index is 0.296. The minimum atomic E-state index is 0.296. The fourth-order valence-corrected chi connectivity index (χ4v) is 3.14. The van der Waals surface area contributed by atoms with Gasteiger partial charge in [0.2, 0.25) is 5.91 Å². The summed E-state index contributed by atoms with van der Waals surface area (Å²) in [7, 11) is 0. The van der Waals surface area contributed by atoms with Gasteiger partial charge in [0.25, 0.3) is 0 Å². The molecule has 0 saturated carbocycles. The number of nitrogens with zero attached hydrogens (tertiary/aromatic N) is 3. The third kappa shape index (κ3) is 3.83. The van der Waals surface area contributed by atoms with Crippen LogP contribution in [0, 0.1) is 6.92 Å². The number of carbonyl (C=O) groups is 1. The van der Waals surface area contributed by atoms with Crippen LogP contribution >= 0.6 is 0 Å². The Morgan fingerprint density at radius 1 is 1.43 bits per heavy atom. The monoisotopic (exact) mass is 292 g/mol. The molecule has 1 aromatic heterocycles. The Balaban J connectivity index is 1.42. The SMILES string of the molecule is Cc1cc(CN2CCN(C(=O)CC3CCCN3)CC2)on1. The van der Waals surface area contributed by atoms with Crippen LogP contribution < -0.4 is 5.32 Å². The number of hydrogen-bond donors (Lipinski definition) is 1. The number of aromatic nitrogens is 1. The Bertz CT molecular complexity index is 474. The summed E-state index contributed by atoms with van der Waals surface area (Å²) in [5, 5.41) is 7.30. The molecule has 1 N–H and O–H groups in total. The zero-order valence-electron chi connectivity index (χ0n) is 12.7. The van der Waals surface area contributed by atoms with Gasteiger partial charge in [-0.25, -0.2) is 0 Å². The molecular formula is C15H24N4O2. The first-order valence-corrected chi connectivity index (χ1v) is 7.86. The van der Waals surface area contributed by atoms with E-state index in [1.807, 2.05) is 17.9 Å². The van der Waals surface area contributed by atoms with Crippen LogP contribution in [-0.4, -0.2) is 59.6 Å². The van der Waals surface area contributed by atoms with E-state index in [1.54, 1.807) is 0 Å². The largest absolute Gasteiger partial charge is 0.360 e. The fraction of sp³-hybridized carbons (Fsp3) is 0.733. The Labute approximate surface area is 125 Å². The van der Waals surface area contributed by atoms with Crippen LogP contribution in [0.2, 0.25) is 0 Å². The Morgan fingerprint density at radius 3 is 2.86 bits per heavy atom. The number of amides is 1. The molecule has 0 aromatic carbocycles. The lowest BCUT2D eigenvalue weighted by molar-refractivity contribution is -0.133. The molecule has 3 heterocycles. The van der Waals surface area contributed by atoms with Crippen molar-refractivity contribution in [3.63, 3.8) is 0 Å². The summed E-state index contributed by atoms with van der Waals surface area (Å²) in [4.78, 5) is 16.6. The van der Waals surface area contributed by atoms with Crippen molar-refractivity contribution in [2.24, 2.45) is 0 Å². The van der Waals surface area contributed by atoms with Crippen LogP contribution in [-0.2, 0) is 11.3 Å². The van der Waals surface area contributed by atoms with Crippen molar-refractivity contribution in [3.05, 3.63) is 17.5 Å². The normalized spacial score (nSPS) is 23.7. The lowest BCUT2D eigenvalue weighted by atomic mass is 10.1. The summed E-state index contributed by atoms with van der Waals surface area (Å²) in [5.74, 6) is 1.20. The molecule has 1 aromatic rings. The van der Waals surface area contributed by atoms with Gasteiger partial charge in [-0.15, -0.1) is 0 Å². The van der Waals surface area contributed by atoms with Gasteiger partial charge in [0.15, 0.2) is 5.76 Å². The smallest absolute Gasteiger partial charge is 0.224 e. The third-order valence-electron chi connectivity index (χ3n) is 4.36. The van der Waals surface area contributed by atoms with E-state index in [9.17, 15) is 4.79 Å². The third-order valence-corrected chi connectivity index (χ3v) is 4.36. The molecule has 2 saturated heterocycles. The van der Waals surface area contributed by atoms with Crippen molar-refractivity contribution in [2.75, 3.05) is 32.7 Å². The first-order valence-electron chi connectivity index (χ1n) is 7.86. The zero-order chi connectivity index (χ0) is 14.7. The number of rotatable bonds is 4. The number of piperazine rings is 1. The van der Waals surface area contributed by atoms with Gasteiger partial charge in [-0.3, -0.25) is 9.69 Å². The highest BCUT2D eigenvalue weighted by Crippen LogP contribution is 2.13. The summed E-state index contributed by atoms with van der Waals surface area (Å²) >= 11 is 0. The second-order valence-electron chi connectivity index (χ2n) is 6.09. The van der Waals surface area contributed by atoms with E-state index in [0.29, 0.717) is 18.4 Å². The molecule has 1 unspecified atom stereocenters. The first-order chi connectivity index (χ1) is 10.2. The van der Waals surface area contributed by atoms with Crippen LogP contribution in [0.3, 0.4) is 0 Å². The maximum absolute atomic E-state index is 12.3.